The summed E-state index contributed by atoms with van der Waals surface area (Å²) in [7, 11) is 0. The number of nitrogens with one attached hydrogen (secondary N) is 1. The lowest BCUT2D eigenvalue weighted by Gasteiger charge is -2.24. The standard InChI is InChI=1S/C16H20FNO2/c1-12(10-13-5-7-14(17)8-6-13)18-11-16(2,19)15-4-3-9-20-15/h3-9,12,18-19H,10-11H2,1-2H3. The molecule has 1 aromatic carbocycles. The highest BCUT2D eigenvalue weighted by molar-refractivity contribution is 5.17. The Hall–Kier alpha value is -1.65. The van der Waals surface area contributed by atoms with Crippen LogP contribution in [0.2, 0.25) is 0 Å². The first-order chi connectivity index (χ1) is 9.47. The predicted molar refractivity (Wildman–Crippen MR) is 75.8 cm³/mol. The van der Waals surface area contributed by atoms with Crippen LogP contribution in [-0.4, -0.2) is 17.7 Å². The summed E-state index contributed by atoms with van der Waals surface area (Å²) in [6.45, 7) is 4.13. The molecule has 1 heterocycles. The molecule has 0 fully saturated rings. The summed E-state index contributed by atoms with van der Waals surface area (Å²) in [5.74, 6) is 0.314. The van der Waals surface area contributed by atoms with E-state index in [0.29, 0.717) is 12.3 Å². The average molecular weight is 277 g/mol. The number of rotatable bonds is 6. The van der Waals surface area contributed by atoms with Crippen molar-refractivity contribution in [2.75, 3.05) is 6.54 Å². The molecule has 0 saturated carbocycles. The summed E-state index contributed by atoms with van der Waals surface area (Å²) in [6.07, 6.45) is 2.32. The van der Waals surface area contributed by atoms with Gasteiger partial charge >= 0.3 is 0 Å². The highest BCUT2D eigenvalue weighted by Crippen LogP contribution is 2.20. The van der Waals surface area contributed by atoms with Gasteiger partial charge in [-0.2, -0.15) is 0 Å². The van der Waals surface area contributed by atoms with Crippen LogP contribution in [0, 0.1) is 5.82 Å². The van der Waals surface area contributed by atoms with Gasteiger partial charge in [0.1, 0.15) is 17.2 Å². The van der Waals surface area contributed by atoms with E-state index < -0.39 is 5.60 Å². The van der Waals surface area contributed by atoms with E-state index in [1.165, 1.54) is 12.1 Å². The number of benzene rings is 1. The van der Waals surface area contributed by atoms with Gasteiger partial charge < -0.3 is 14.8 Å². The second kappa shape index (κ2) is 6.20. The van der Waals surface area contributed by atoms with E-state index in [2.05, 4.69) is 5.32 Å². The Bertz CT molecular complexity index is 520. The minimum absolute atomic E-state index is 0.168. The van der Waals surface area contributed by atoms with Crippen LogP contribution in [0.1, 0.15) is 25.2 Å². The molecule has 0 aliphatic carbocycles. The van der Waals surface area contributed by atoms with Gasteiger partial charge in [-0.1, -0.05) is 12.1 Å². The molecule has 0 radical (unpaired) electrons. The summed E-state index contributed by atoms with van der Waals surface area (Å²) in [5, 5.41) is 13.6. The van der Waals surface area contributed by atoms with Crippen molar-refractivity contribution in [3.63, 3.8) is 0 Å². The first kappa shape index (κ1) is 14.8. The lowest BCUT2D eigenvalue weighted by atomic mass is 10.0. The van der Waals surface area contributed by atoms with Gasteiger partial charge in [0.25, 0.3) is 0 Å². The normalized spacial score (nSPS) is 15.8. The van der Waals surface area contributed by atoms with Crippen molar-refractivity contribution >= 4 is 0 Å². The minimum Gasteiger partial charge on any atom is -0.466 e. The Morgan fingerprint density at radius 3 is 2.60 bits per heavy atom. The molecule has 2 atom stereocenters. The van der Waals surface area contributed by atoms with Gasteiger partial charge in [0.05, 0.1) is 6.26 Å². The molecule has 0 amide bonds. The van der Waals surface area contributed by atoms with E-state index in [1.54, 1.807) is 37.5 Å². The maximum Gasteiger partial charge on any atom is 0.136 e. The lowest BCUT2D eigenvalue weighted by molar-refractivity contribution is 0.0321. The fourth-order valence-corrected chi connectivity index (χ4v) is 2.09. The Balaban J connectivity index is 1.86. The smallest absolute Gasteiger partial charge is 0.136 e. The van der Waals surface area contributed by atoms with E-state index in [0.717, 1.165) is 12.0 Å². The molecule has 0 aliphatic rings. The summed E-state index contributed by atoms with van der Waals surface area (Å²) < 4.78 is 18.1. The first-order valence-corrected chi connectivity index (χ1v) is 6.71. The van der Waals surface area contributed by atoms with E-state index in [1.807, 2.05) is 6.92 Å². The topological polar surface area (TPSA) is 45.4 Å². The second-order valence-corrected chi connectivity index (χ2v) is 5.36. The molecular formula is C16H20FNO2. The van der Waals surface area contributed by atoms with Crippen molar-refractivity contribution in [3.8, 4) is 0 Å². The predicted octanol–water partition coefficient (Wildman–Crippen LogP) is 2.85. The zero-order valence-corrected chi connectivity index (χ0v) is 11.8. The zero-order chi connectivity index (χ0) is 14.6. The summed E-state index contributed by atoms with van der Waals surface area (Å²) in [5.41, 5.74) is 0.0182. The SMILES string of the molecule is CC(Cc1ccc(F)cc1)NCC(C)(O)c1ccco1. The van der Waals surface area contributed by atoms with Crippen molar-refractivity contribution in [1.29, 1.82) is 0 Å². The Labute approximate surface area is 118 Å². The molecular weight excluding hydrogens is 257 g/mol. The van der Waals surface area contributed by atoms with Gasteiger partial charge in [0.2, 0.25) is 0 Å². The van der Waals surface area contributed by atoms with Gasteiger partial charge in [-0.25, -0.2) is 4.39 Å². The average Bonchev–Trinajstić information content (AvgIpc) is 2.94. The highest BCUT2D eigenvalue weighted by Gasteiger charge is 2.26. The third kappa shape index (κ3) is 3.92. The van der Waals surface area contributed by atoms with Crippen LogP contribution in [-0.2, 0) is 12.0 Å². The van der Waals surface area contributed by atoms with E-state index in [-0.39, 0.29) is 11.9 Å². The van der Waals surface area contributed by atoms with Gasteiger partial charge in [0, 0.05) is 12.6 Å². The van der Waals surface area contributed by atoms with Crippen LogP contribution < -0.4 is 5.32 Å². The molecule has 108 valence electrons. The molecule has 3 nitrogen and oxygen atoms in total. The van der Waals surface area contributed by atoms with Crippen molar-refractivity contribution < 1.29 is 13.9 Å². The number of halogens is 1. The Morgan fingerprint density at radius 1 is 1.30 bits per heavy atom. The third-order valence-corrected chi connectivity index (χ3v) is 3.30. The van der Waals surface area contributed by atoms with Crippen molar-refractivity contribution in [1.82, 2.24) is 5.32 Å². The molecule has 2 N–H and O–H groups in total. The van der Waals surface area contributed by atoms with Crippen molar-refractivity contribution in [2.45, 2.75) is 31.9 Å². The minimum atomic E-state index is -1.04. The quantitative estimate of drug-likeness (QED) is 0.853. The van der Waals surface area contributed by atoms with Crippen LogP contribution in [0.25, 0.3) is 0 Å². The van der Waals surface area contributed by atoms with Crippen LogP contribution in [0.5, 0.6) is 0 Å². The third-order valence-electron chi connectivity index (χ3n) is 3.30. The van der Waals surface area contributed by atoms with Crippen molar-refractivity contribution in [3.05, 3.63) is 59.8 Å². The molecule has 0 spiro atoms. The number of aliphatic hydroxyl groups is 1. The Kier molecular flexibility index (Phi) is 4.57. The van der Waals surface area contributed by atoms with E-state index in [4.69, 9.17) is 4.42 Å². The van der Waals surface area contributed by atoms with E-state index >= 15 is 0 Å². The maximum atomic E-state index is 12.8. The van der Waals surface area contributed by atoms with Crippen molar-refractivity contribution in [2.24, 2.45) is 0 Å². The van der Waals surface area contributed by atoms with Crippen LogP contribution in [0.4, 0.5) is 4.39 Å². The fourth-order valence-electron chi connectivity index (χ4n) is 2.09. The van der Waals surface area contributed by atoms with Gasteiger partial charge in [-0.05, 0) is 50.1 Å². The first-order valence-electron chi connectivity index (χ1n) is 6.71. The molecule has 4 heteroatoms. The summed E-state index contributed by atoms with van der Waals surface area (Å²) in [6, 6.07) is 10.2. The van der Waals surface area contributed by atoms with Gasteiger partial charge in [-0.15, -0.1) is 0 Å². The van der Waals surface area contributed by atoms with Crippen LogP contribution in [0.3, 0.4) is 0 Å². The molecule has 0 saturated heterocycles. The monoisotopic (exact) mass is 277 g/mol. The highest BCUT2D eigenvalue weighted by atomic mass is 19.1. The number of hydrogen-bond donors (Lipinski definition) is 2. The van der Waals surface area contributed by atoms with Crippen LogP contribution >= 0.6 is 0 Å². The molecule has 2 aromatic rings. The number of furan rings is 1. The molecule has 2 unspecified atom stereocenters. The Morgan fingerprint density at radius 2 is 2.00 bits per heavy atom. The fraction of sp³-hybridized carbons (Fsp3) is 0.375. The molecule has 0 aliphatic heterocycles. The zero-order valence-electron chi connectivity index (χ0n) is 11.8. The summed E-state index contributed by atoms with van der Waals surface area (Å²) in [4.78, 5) is 0. The molecule has 0 bridgehead atoms. The lowest BCUT2D eigenvalue weighted by Crippen LogP contribution is -2.40. The van der Waals surface area contributed by atoms with Gasteiger partial charge in [0.15, 0.2) is 0 Å². The maximum absolute atomic E-state index is 12.8. The largest absolute Gasteiger partial charge is 0.466 e. The molecule has 2 rings (SSSR count). The van der Waals surface area contributed by atoms with E-state index in [9.17, 15) is 9.50 Å². The van der Waals surface area contributed by atoms with Crippen LogP contribution in [0.15, 0.2) is 47.1 Å². The molecule has 1 aromatic heterocycles. The van der Waals surface area contributed by atoms with Gasteiger partial charge in [-0.3, -0.25) is 0 Å². The second-order valence-electron chi connectivity index (χ2n) is 5.36. The number of hydrogen-bond acceptors (Lipinski definition) is 3. The molecule has 20 heavy (non-hydrogen) atoms. The summed E-state index contributed by atoms with van der Waals surface area (Å²) >= 11 is 0.